The SMILES string of the molecule is COc1ccc(C(C)=NNC(=O)c2ccc(Cn3nc(C)cc3C)cc2)cc1. The quantitative estimate of drug-likeness (QED) is 0.527. The van der Waals surface area contributed by atoms with E-state index in [1.54, 1.807) is 19.2 Å². The third-order valence-corrected chi connectivity index (χ3v) is 4.48. The molecule has 0 saturated carbocycles. The van der Waals surface area contributed by atoms with Crippen molar-refractivity contribution in [1.82, 2.24) is 15.2 Å². The number of hydrogen-bond donors (Lipinski definition) is 1. The second kappa shape index (κ2) is 8.52. The number of carbonyl (C=O) groups excluding carboxylic acids is 1. The van der Waals surface area contributed by atoms with Crippen LogP contribution in [0.4, 0.5) is 0 Å². The van der Waals surface area contributed by atoms with Gasteiger partial charge in [-0.2, -0.15) is 10.2 Å². The summed E-state index contributed by atoms with van der Waals surface area (Å²) < 4.78 is 7.10. The highest BCUT2D eigenvalue weighted by atomic mass is 16.5. The zero-order chi connectivity index (χ0) is 20.1. The predicted molar refractivity (Wildman–Crippen MR) is 110 cm³/mol. The Morgan fingerprint density at radius 3 is 2.29 bits per heavy atom. The molecule has 0 aliphatic carbocycles. The zero-order valence-corrected chi connectivity index (χ0v) is 16.6. The van der Waals surface area contributed by atoms with E-state index in [4.69, 9.17) is 4.74 Å². The Morgan fingerprint density at radius 2 is 1.71 bits per heavy atom. The summed E-state index contributed by atoms with van der Waals surface area (Å²) in [6, 6.07) is 17.0. The molecular weight excluding hydrogens is 352 g/mol. The largest absolute Gasteiger partial charge is 0.497 e. The molecule has 1 amide bonds. The highest BCUT2D eigenvalue weighted by molar-refractivity contribution is 6.00. The van der Waals surface area contributed by atoms with E-state index in [0.717, 1.165) is 34.0 Å². The average Bonchev–Trinajstić information content (AvgIpc) is 3.03. The Bertz CT molecular complexity index is 986. The fraction of sp³-hybridized carbons (Fsp3) is 0.227. The van der Waals surface area contributed by atoms with E-state index in [2.05, 4.69) is 15.6 Å². The molecule has 2 aromatic carbocycles. The van der Waals surface area contributed by atoms with Gasteiger partial charge >= 0.3 is 0 Å². The molecule has 3 rings (SSSR count). The lowest BCUT2D eigenvalue weighted by Crippen LogP contribution is -2.19. The molecule has 0 aliphatic heterocycles. The number of aryl methyl sites for hydroxylation is 2. The minimum atomic E-state index is -0.245. The molecular formula is C22H24N4O2. The van der Waals surface area contributed by atoms with Gasteiger partial charge in [0.05, 0.1) is 25.1 Å². The third kappa shape index (κ3) is 4.65. The molecule has 0 spiro atoms. The molecule has 1 aromatic heterocycles. The van der Waals surface area contributed by atoms with E-state index in [0.29, 0.717) is 12.1 Å². The summed E-state index contributed by atoms with van der Waals surface area (Å²) in [7, 11) is 1.62. The second-order valence-electron chi connectivity index (χ2n) is 6.65. The Hall–Kier alpha value is -3.41. The van der Waals surface area contributed by atoms with Gasteiger partial charge in [-0.15, -0.1) is 0 Å². The standard InChI is InChI=1S/C22H24N4O2/c1-15-13-16(2)26(25-15)14-18-5-7-20(8-6-18)22(27)24-23-17(3)19-9-11-21(28-4)12-10-19/h5-13H,14H2,1-4H3,(H,24,27). The van der Waals surface area contributed by atoms with E-state index >= 15 is 0 Å². The molecule has 144 valence electrons. The molecule has 0 unspecified atom stereocenters. The fourth-order valence-corrected chi connectivity index (χ4v) is 2.87. The van der Waals surface area contributed by atoms with Crippen molar-refractivity contribution in [2.75, 3.05) is 7.11 Å². The molecule has 0 atom stereocenters. The highest BCUT2D eigenvalue weighted by Crippen LogP contribution is 2.12. The summed E-state index contributed by atoms with van der Waals surface area (Å²) >= 11 is 0. The summed E-state index contributed by atoms with van der Waals surface area (Å²) in [5.74, 6) is 0.534. The van der Waals surface area contributed by atoms with Gasteiger partial charge in [-0.25, -0.2) is 5.43 Å². The summed E-state index contributed by atoms with van der Waals surface area (Å²) in [5, 5.41) is 8.66. The maximum atomic E-state index is 12.4. The van der Waals surface area contributed by atoms with Crippen molar-refractivity contribution >= 4 is 11.6 Å². The van der Waals surface area contributed by atoms with Crippen molar-refractivity contribution < 1.29 is 9.53 Å². The van der Waals surface area contributed by atoms with Gasteiger partial charge in [0.2, 0.25) is 0 Å². The van der Waals surface area contributed by atoms with Gasteiger partial charge in [0.15, 0.2) is 0 Å². The van der Waals surface area contributed by atoms with Crippen molar-refractivity contribution in [3.63, 3.8) is 0 Å². The van der Waals surface area contributed by atoms with Gasteiger partial charge in [-0.05, 0) is 74.4 Å². The molecule has 0 saturated heterocycles. The van der Waals surface area contributed by atoms with E-state index in [1.807, 2.05) is 67.9 Å². The first-order valence-corrected chi connectivity index (χ1v) is 9.05. The number of amides is 1. The van der Waals surface area contributed by atoms with Crippen molar-refractivity contribution in [2.24, 2.45) is 5.10 Å². The molecule has 0 bridgehead atoms. The van der Waals surface area contributed by atoms with Gasteiger partial charge in [0.25, 0.3) is 5.91 Å². The molecule has 0 aliphatic rings. The Morgan fingerprint density at radius 1 is 1.07 bits per heavy atom. The van der Waals surface area contributed by atoms with Crippen LogP contribution >= 0.6 is 0 Å². The van der Waals surface area contributed by atoms with Crippen LogP contribution in [-0.4, -0.2) is 28.5 Å². The first-order valence-electron chi connectivity index (χ1n) is 9.05. The zero-order valence-electron chi connectivity index (χ0n) is 16.6. The lowest BCUT2D eigenvalue weighted by atomic mass is 10.1. The number of hydrazone groups is 1. The predicted octanol–water partition coefficient (Wildman–Crippen LogP) is 3.71. The number of benzene rings is 2. The first kappa shape index (κ1) is 19.4. The minimum Gasteiger partial charge on any atom is -0.497 e. The number of nitrogens with one attached hydrogen (secondary N) is 1. The van der Waals surface area contributed by atoms with E-state index in [9.17, 15) is 4.79 Å². The average molecular weight is 376 g/mol. The Balaban J connectivity index is 1.63. The number of aromatic nitrogens is 2. The van der Waals surface area contributed by atoms with Crippen LogP contribution in [0.3, 0.4) is 0 Å². The number of methoxy groups -OCH3 is 1. The monoisotopic (exact) mass is 376 g/mol. The Labute approximate surface area is 164 Å². The number of rotatable bonds is 6. The van der Waals surface area contributed by atoms with Crippen LogP contribution < -0.4 is 10.2 Å². The van der Waals surface area contributed by atoms with Gasteiger partial charge in [0, 0.05) is 11.3 Å². The first-order chi connectivity index (χ1) is 13.5. The van der Waals surface area contributed by atoms with Crippen molar-refractivity contribution in [2.45, 2.75) is 27.3 Å². The van der Waals surface area contributed by atoms with Gasteiger partial charge < -0.3 is 4.74 Å². The van der Waals surface area contributed by atoms with Gasteiger partial charge in [0.1, 0.15) is 5.75 Å². The molecule has 0 radical (unpaired) electrons. The number of hydrogen-bond acceptors (Lipinski definition) is 4. The van der Waals surface area contributed by atoms with E-state index in [-0.39, 0.29) is 5.91 Å². The number of ether oxygens (including phenoxy) is 1. The van der Waals surface area contributed by atoms with Crippen molar-refractivity contribution in [3.05, 3.63) is 82.7 Å². The highest BCUT2D eigenvalue weighted by Gasteiger charge is 2.07. The maximum absolute atomic E-state index is 12.4. The summed E-state index contributed by atoms with van der Waals surface area (Å²) in [6.45, 7) is 6.53. The van der Waals surface area contributed by atoms with Crippen LogP contribution in [-0.2, 0) is 6.54 Å². The molecule has 1 N–H and O–H groups in total. The topological polar surface area (TPSA) is 68.5 Å². The van der Waals surface area contributed by atoms with Crippen LogP contribution in [0, 0.1) is 13.8 Å². The van der Waals surface area contributed by atoms with Crippen molar-refractivity contribution in [1.29, 1.82) is 0 Å². The molecule has 28 heavy (non-hydrogen) atoms. The van der Waals surface area contributed by atoms with E-state index in [1.165, 1.54) is 0 Å². The molecule has 0 fully saturated rings. The number of carbonyl (C=O) groups is 1. The normalized spacial score (nSPS) is 11.4. The number of nitrogens with zero attached hydrogens (tertiary/aromatic N) is 3. The van der Waals surface area contributed by atoms with Crippen LogP contribution in [0.15, 0.2) is 59.7 Å². The van der Waals surface area contributed by atoms with Gasteiger partial charge in [-0.1, -0.05) is 12.1 Å². The van der Waals surface area contributed by atoms with Crippen LogP contribution in [0.1, 0.15) is 39.8 Å². The fourth-order valence-electron chi connectivity index (χ4n) is 2.87. The van der Waals surface area contributed by atoms with Crippen LogP contribution in [0.25, 0.3) is 0 Å². The van der Waals surface area contributed by atoms with E-state index < -0.39 is 0 Å². The second-order valence-corrected chi connectivity index (χ2v) is 6.65. The molecule has 3 aromatic rings. The smallest absolute Gasteiger partial charge is 0.271 e. The molecule has 1 heterocycles. The summed E-state index contributed by atoms with van der Waals surface area (Å²) in [5.41, 5.74) is 8.00. The maximum Gasteiger partial charge on any atom is 0.271 e. The lowest BCUT2D eigenvalue weighted by molar-refractivity contribution is 0.0955. The summed E-state index contributed by atoms with van der Waals surface area (Å²) in [6.07, 6.45) is 0. The molecule has 6 nitrogen and oxygen atoms in total. The minimum absolute atomic E-state index is 0.245. The summed E-state index contributed by atoms with van der Waals surface area (Å²) in [4.78, 5) is 12.4. The van der Waals surface area contributed by atoms with Gasteiger partial charge in [-0.3, -0.25) is 9.48 Å². The van der Waals surface area contributed by atoms with Crippen molar-refractivity contribution in [3.8, 4) is 5.75 Å². The third-order valence-electron chi connectivity index (χ3n) is 4.48. The molecule has 6 heteroatoms. The van der Waals surface area contributed by atoms with Crippen LogP contribution in [0.2, 0.25) is 0 Å². The lowest BCUT2D eigenvalue weighted by Gasteiger charge is -2.07. The van der Waals surface area contributed by atoms with Crippen LogP contribution in [0.5, 0.6) is 5.75 Å². The Kier molecular flexibility index (Phi) is 5.89.